The molecule has 2 atom stereocenters. The number of anilines is 1. The van der Waals surface area contributed by atoms with Crippen molar-refractivity contribution in [2.75, 3.05) is 58.5 Å². The van der Waals surface area contributed by atoms with Crippen LogP contribution in [0.4, 0.5) is 10.3 Å². The molecular weight excluding hydrogens is 303 g/mol. The Labute approximate surface area is 134 Å². The molecule has 126 valence electrons. The van der Waals surface area contributed by atoms with Gasteiger partial charge >= 0.3 is 0 Å². The van der Waals surface area contributed by atoms with Crippen LogP contribution in [0.5, 0.6) is 0 Å². The third kappa shape index (κ3) is 3.28. The zero-order valence-corrected chi connectivity index (χ0v) is 13.4. The van der Waals surface area contributed by atoms with Crippen molar-refractivity contribution in [2.24, 2.45) is 11.3 Å². The highest BCUT2D eigenvalue weighted by molar-refractivity contribution is 5.76. The molecule has 0 N–H and O–H groups in total. The average molecular weight is 324 g/mol. The van der Waals surface area contributed by atoms with Crippen molar-refractivity contribution in [3.63, 3.8) is 0 Å². The number of hydrogen-bond donors (Lipinski definition) is 0. The van der Waals surface area contributed by atoms with Gasteiger partial charge in [-0.2, -0.15) is 0 Å². The summed E-state index contributed by atoms with van der Waals surface area (Å²) in [6.45, 7) is 3.19. The van der Waals surface area contributed by atoms with Crippen molar-refractivity contribution in [1.29, 1.82) is 0 Å². The second-order valence-corrected chi connectivity index (χ2v) is 6.44. The van der Waals surface area contributed by atoms with Crippen molar-refractivity contribution in [2.45, 2.75) is 0 Å². The van der Waals surface area contributed by atoms with Crippen LogP contribution in [0.1, 0.15) is 0 Å². The number of amides is 1. The van der Waals surface area contributed by atoms with E-state index in [-0.39, 0.29) is 17.9 Å². The van der Waals surface area contributed by atoms with Crippen molar-refractivity contribution < 1.29 is 18.7 Å². The molecule has 8 heteroatoms. The van der Waals surface area contributed by atoms with E-state index < -0.39 is 5.82 Å². The number of aromatic nitrogens is 2. The van der Waals surface area contributed by atoms with Gasteiger partial charge < -0.3 is 19.3 Å². The van der Waals surface area contributed by atoms with E-state index in [0.29, 0.717) is 38.2 Å². The van der Waals surface area contributed by atoms with Crippen LogP contribution in [0.15, 0.2) is 12.4 Å². The van der Waals surface area contributed by atoms with E-state index in [9.17, 15) is 9.18 Å². The quantitative estimate of drug-likeness (QED) is 0.769. The lowest BCUT2D eigenvalue weighted by molar-refractivity contribution is -0.134. The molecule has 0 aromatic carbocycles. The molecule has 1 aromatic heterocycles. The van der Waals surface area contributed by atoms with Gasteiger partial charge in [0.2, 0.25) is 11.9 Å². The first-order valence-electron chi connectivity index (χ1n) is 7.58. The summed E-state index contributed by atoms with van der Waals surface area (Å²) in [6, 6.07) is 0. The number of fused-ring (bicyclic) bond motifs is 1. The zero-order chi connectivity index (χ0) is 16.4. The third-order valence-electron chi connectivity index (χ3n) is 4.52. The van der Waals surface area contributed by atoms with E-state index in [2.05, 4.69) is 9.97 Å². The molecule has 3 heterocycles. The summed E-state index contributed by atoms with van der Waals surface area (Å²) >= 11 is 0. The topological polar surface area (TPSA) is 67.8 Å². The first-order chi connectivity index (χ1) is 11.0. The highest BCUT2D eigenvalue weighted by Gasteiger charge is 2.51. The monoisotopic (exact) mass is 324 g/mol. The lowest BCUT2D eigenvalue weighted by Crippen LogP contribution is -2.37. The van der Waals surface area contributed by atoms with Crippen molar-refractivity contribution in [1.82, 2.24) is 14.9 Å². The van der Waals surface area contributed by atoms with E-state index in [1.54, 1.807) is 14.1 Å². The van der Waals surface area contributed by atoms with Crippen molar-refractivity contribution in [3.8, 4) is 0 Å². The lowest BCUT2D eigenvalue weighted by atomic mass is 9.82. The van der Waals surface area contributed by atoms with E-state index in [1.807, 2.05) is 4.90 Å². The number of nitrogens with zero attached hydrogens (tertiary/aromatic N) is 4. The van der Waals surface area contributed by atoms with Crippen LogP contribution < -0.4 is 4.90 Å². The van der Waals surface area contributed by atoms with Gasteiger partial charge in [0.05, 0.1) is 32.2 Å². The Morgan fingerprint density at radius 3 is 2.96 bits per heavy atom. The molecule has 7 nitrogen and oxygen atoms in total. The number of hydrogen-bond acceptors (Lipinski definition) is 6. The van der Waals surface area contributed by atoms with Crippen LogP contribution in [-0.2, 0) is 14.3 Å². The lowest BCUT2D eigenvalue weighted by Gasteiger charge is -2.27. The second kappa shape index (κ2) is 6.37. The van der Waals surface area contributed by atoms with Crippen LogP contribution in [0.2, 0.25) is 0 Å². The molecule has 1 aromatic rings. The molecule has 2 aliphatic heterocycles. The van der Waals surface area contributed by atoms with Gasteiger partial charge in [-0.3, -0.25) is 4.79 Å². The summed E-state index contributed by atoms with van der Waals surface area (Å²) in [4.78, 5) is 23.3. The molecule has 0 saturated carbocycles. The summed E-state index contributed by atoms with van der Waals surface area (Å²) in [7, 11) is 3.41. The molecule has 3 rings (SSSR count). The fourth-order valence-electron chi connectivity index (χ4n) is 3.13. The molecule has 0 spiro atoms. The van der Waals surface area contributed by atoms with Crippen LogP contribution in [0.3, 0.4) is 0 Å². The molecule has 0 radical (unpaired) electrons. The van der Waals surface area contributed by atoms with E-state index in [1.165, 1.54) is 17.3 Å². The maximum absolute atomic E-state index is 13.0. The predicted molar refractivity (Wildman–Crippen MR) is 80.5 cm³/mol. The van der Waals surface area contributed by atoms with Gasteiger partial charge in [-0.15, -0.1) is 0 Å². The summed E-state index contributed by atoms with van der Waals surface area (Å²) < 4.78 is 24.2. The maximum Gasteiger partial charge on any atom is 0.248 e. The van der Waals surface area contributed by atoms with Gasteiger partial charge in [-0.25, -0.2) is 14.4 Å². The first kappa shape index (κ1) is 16.1. The van der Waals surface area contributed by atoms with Crippen LogP contribution >= 0.6 is 0 Å². The minimum absolute atomic E-state index is 0.0615. The number of halogens is 1. The number of rotatable bonds is 5. The molecule has 1 amide bonds. The normalized spacial score (nSPS) is 26.4. The van der Waals surface area contributed by atoms with E-state index in [0.717, 1.165) is 6.54 Å². The van der Waals surface area contributed by atoms with Gasteiger partial charge in [0.1, 0.15) is 6.61 Å². The highest BCUT2D eigenvalue weighted by atomic mass is 19.1. The Balaban J connectivity index is 1.63. The molecule has 0 unspecified atom stereocenters. The molecule has 2 saturated heterocycles. The standard InChI is InChI=1S/C15H21FN4O3/c1-19(2)13(21)7-23-10-15-8-20(5-11(15)6-22-9-15)14-17-3-12(16)4-18-14/h3-4,11H,5-10H2,1-2H3/t11-,15+/m1/s1. The van der Waals surface area contributed by atoms with E-state index >= 15 is 0 Å². The average Bonchev–Trinajstić information content (AvgIpc) is 3.04. The van der Waals surface area contributed by atoms with Crippen molar-refractivity contribution >= 4 is 11.9 Å². The number of likely N-dealkylation sites (N-methyl/N-ethyl adjacent to an activating group) is 1. The Morgan fingerprint density at radius 2 is 2.26 bits per heavy atom. The van der Waals surface area contributed by atoms with E-state index in [4.69, 9.17) is 9.47 Å². The molecule has 0 bridgehead atoms. The van der Waals surface area contributed by atoms with Crippen LogP contribution in [0.25, 0.3) is 0 Å². The summed E-state index contributed by atoms with van der Waals surface area (Å²) in [5.74, 6) is 0.306. The van der Waals surface area contributed by atoms with Gasteiger partial charge in [0, 0.05) is 38.5 Å². The fraction of sp³-hybridized carbons (Fsp3) is 0.667. The fourth-order valence-corrected chi connectivity index (χ4v) is 3.13. The summed E-state index contributed by atoms with van der Waals surface area (Å²) in [5, 5.41) is 0. The minimum Gasteiger partial charge on any atom is -0.380 e. The van der Waals surface area contributed by atoms with Gasteiger partial charge in [0.15, 0.2) is 5.82 Å². The smallest absolute Gasteiger partial charge is 0.248 e. The van der Waals surface area contributed by atoms with Gasteiger partial charge in [-0.1, -0.05) is 0 Å². The highest BCUT2D eigenvalue weighted by Crippen LogP contribution is 2.42. The predicted octanol–water partition coefficient (Wildman–Crippen LogP) is 0.173. The Hall–Kier alpha value is -1.80. The SMILES string of the molecule is CN(C)C(=O)COC[C@]12COC[C@H]1CN(c1ncc(F)cn1)C2. The largest absolute Gasteiger partial charge is 0.380 e. The second-order valence-electron chi connectivity index (χ2n) is 6.44. The maximum atomic E-state index is 13.0. The molecular formula is C15H21FN4O3. The number of carbonyl (C=O) groups is 1. The Morgan fingerprint density at radius 1 is 1.52 bits per heavy atom. The Kier molecular flexibility index (Phi) is 4.45. The van der Waals surface area contributed by atoms with Crippen molar-refractivity contribution in [3.05, 3.63) is 18.2 Å². The number of ether oxygens (including phenoxy) is 2. The molecule has 0 aliphatic carbocycles. The summed E-state index contributed by atoms with van der Waals surface area (Å²) in [6.07, 6.45) is 2.34. The van der Waals surface area contributed by atoms with Crippen LogP contribution in [-0.4, -0.2) is 74.4 Å². The van der Waals surface area contributed by atoms with Gasteiger partial charge in [-0.05, 0) is 0 Å². The molecule has 2 aliphatic rings. The summed E-state index contributed by atoms with van der Waals surface area (Å²) in [5.41, 5.74) is -0.162. The Bertz CT molecular complexity index is 568. The number of carbonyl (C=O) groups excluding carboxylic acids is 1. The molecule has 2 fully saturated rings. The zero-order valence-electron chi connectivity index (χ0n) is 13.4. The first-order valence-corrected chi connectivity index (χ1v) is 7.58. The minimum atomic E-state index is -0.447. The van der Waals surface area contributed by atoms with Gasteiger partial charge in [0.25, 0.3) is 0 Å². The molecule has 23 heavy (non-hydrogen) atoms. The third-order valence-corrected chi connectivity index (χ3v) is 4.52. The van der Waals surface area contributed by atoms with Crippen LogP contribution in [0, 0.1) is 17.2 Å².